The second-order valence-electron chi connectivity index (χ2n) is 1.72. The molecule has 11 heavy (non-hydrogen) atoms. The molecule has 5 heteroatoms. The lowest BCUT2D eigenvalue weighted by Gasteiger charge is -2.11. The molecule has 0 aromatic rings. The first kappa shape index (κ1) is 9.99. The van der Waals surface area contributed by atoms with E-state index >= 15 is 0 Å². The molecule has 0 heterocycles. The molecule has 0 radical (unpaired) electrons. The van der Waals surface area contributed by atoms with Gasteiger partial charge in [0.25, 0.3) is 10.2 Å². The zero-order valence-corrected chi connectivity index (χ0v) is 6.63. The van der Waals surface area contributed by atoms with Crippen LogP contribution >= 0.6 is 0 Å². The first-order valence-electron chi connectivity index (χ1n) is 2.67. The topological polar surface area (TPSA) is 63.4 Å². The fourth-order valence-corrected chi connectivity index (χ4v) is 0.948. The average molecular weight is 172 g/mol. The van der Waals surface area contributed by atoms with Crippen LogP contribution in [0, 0.1) is 24.7 Å². The number of hydrogen-bond donors (Lipinski definition) is 1. The van der Waals surface area contributed by atoms with Crippen molar-refractivity contribution in [2.75, 3.05) is 13.1 Å². The van der Waals surface area contributed by atoms with Gasteiger partial charge in [0.15, 0.2) is 0 Å². The molecule has 0 unspecified atom stereocenters. The third-order valence-electron chi connectivity index (χ3n) is 0.895. The van der Waals surface area contributed by atoms with Crippen LogP contribution < -0.4 is 5.14 Å². The number of nitrogens with two attached hydrogens (primary N) is 1. The van der Waals surface area contributed by atoms with Gasteiger partial charge in [-0.2, -0.15) is 12.7 Å². The summed E-state index contributed by atoms with van der Waals surface area (Å²) >= 11 is 0. The van der Waals surface area contributed by atoms with Crippen molar-refractivity contribution in [3.8, 4) is 24.7 Å². The Balaban J connectivity index is 4.41. The van der Waals surface area contributed by atoms with E-state index in [-0.39, 0.29) is 13.1 Å². The predicted octanol–water partition coefficient (Wildman–Crippen LogP) is -1.24. The molecule has 0 saturated heterocycles. The zero-order valence-electron chi connectivity index (χ0n) is 5.82. The monoisotopic (exact) mass is 172 g/mol. The molecule has 0 bridgehead atoms. The molecule has 0 saturated carbocycles. The standard InChI is InChI=1S/C6H8N2O2S/c1-3-5-8(6-4-2)11(7,9)10/h1-2H,5-6H2,(H2,7,9,10). The highest BCUT2D eigenvalue weighted by atomic mass is 32.2. The highest BCUT2D eigenvalue weighted by molar-refractivity contribution is 7.86. The lowest BCUT2D eigenvalue weighted by atomic mass is 10.6. The summed E-state index contributed by atoms with van der Waals surface area (Å²) in [5, 5.41) is 4.76. The minimum Gasteiger partial charge on any atom is -0.215 e. The number of terminal acetylenes is 2. The normalized spacial score (nSPS) is 10.5. The molecule has 0 aromatic carbocycles. The maximum atomic E-state index is 10.6. The Labute approximate surface area is 66.6 Å². The summed E-state index contributed by atoms with van der Waals surface area (Å²) in [5.41, 5.74) is 0. The maximum Gasteiger partial charge on any atom is 0.278 e. The van der Waals surface area contributed by atoms with Crippen LogP contribution in [0.4, 0.5) is 0 Å². The van der Waals surface area contributed by atoms with E-state index in [1.165, 1.54) is 0 Å². The number of rotatable bonds is 3. The quantitative estimate of drug-likeness (QED) is 0.541. The second kappa shape index (κ2) is 3.99. The third-order valence-corrected chi connectivity index (χ3v) is 1.87. The van der Waals surface area contributed by atoms with Gasteiger partial charge in [0, 0.05) is 0 Å². The van der Waals surface area contributed by atoms with Crippen molar-refractivity contribution < 1.29 is 8.42 Å². The van der Waals surface area contributed by atoms with Crippen LogP contribution in [0.3, 0.4) is 0 Å². The molecule has 0 aliphatic rings. The summed E-state index contributed by atoms with van der Waals surface area (Å²) in [6.07, 6.45) is 9.75. The van der Waals surface area contributed by atoms with Crippen LogP contribution in [0.1, 0.15) is 0 Å². The van der Waals surface area contributed by atoms with E-state index in [1.54, 1.807) is 0 Å². The van der Waals surface area contributed by atoms with Crippen LogP contribution in [0.25, 0.3) is 0 Å². The van der Waals surface area contributed by atoms with Crippen molar-refractivity contribution in [1.82, 2.24) is 4.31 Å². The predicted molar refractivity (Wildman–Crippen MR) is 42.3 cm³/mol. The summed E-state index contributed by atoms with van der Waals surface area (Å²) in [5.74, 6) is 4.26. The van der Waals surface area contributed by atoms with Crippen LogP contribution in [0.15, 0.2) is 0 Å². The molecular weight excluding hydrogens is 164 g/mol. The highest BCUT2D eigenvalue weighted by Crippen LogP contribution is 1.90. The first-order valence-corrected chi connectivity index (χ1v) is 4.17. The lowest BCUT2D eigenvalue weighted by molar-refractivity contribution is 0.484. The summed E-state index contributed by atoms with van der Waals surface area (Å²) < 4.78 is 22.1. The minimum atomic E-state index is -3.74. The molecule has 2 N–H and O–H groups in total. The van der Waals surface area contributed by atoms with Gasteiger partial charge < -0.3 is 0 Å². The lowest BCUT2D eigenvalue weighted by Crippen LogP contribution is -2.37. The van der Waals surface area contributed by atoms with Crippen LogP contribution in [-0.4, -0.2) is 25.8 Å². The van der Waals surface area contributed by atoms with Crippen molar-refractivity contribution in [3.05, 3.63) is 0 Å². The van der Waals surface area contributed by atoms with Crippen molar-refractivity contribution in [1.29, 1.82) is 0 Å². The molecule has 60 valence electrons. The molecule has 0 rings (SSSR count). The Morgan fingerprint density at radius 3 is 1.82 bits per heavy atom. The molecule has 0 atom stereocenters. The van der Waals surface area contributed by atoms with Gasteiger partial charge in [-0.15, -0.1) is 12.8 Å². The van der Waals surface area contributed by atoms with E-state index in [9.17, 15) is 8.42 Å². The Hall–Kier alpha value is -1.01. The molecule has 0 aromatic heterocycles. The largest absolute Gasteiger partial charge is 0.278 e. The van der Waals surface area contributed by atoms with Crippen LogP contribution in [0.2, 0.25) is 0 Å². The van der Waals surface area contributed by atoms with Gasteiger partial charge in [-0.3, -0.25) is 0 Å². The first-order chi connectivity index (χ1) is 5.02. The molecule has 4 nitrogen and oxygen atoms in total. The smallest absolute Gasteiger partial charge is 0.215 e. The van der Waals surface area contributed by atoms with Gasteiger partial charge in [0.05, 0.1) is 13.1 Å². The molecule has 0 fully saturated rings. The maximum absolute atomic E-state index is 10.6. The van der Waals surface area contributed by atoms with Gasteiger partial charge in [-0.1, -0.05) is 11.8 Å². The Morgan fingerprint density at radius 2 is 1.64 bits per heavy atom. The van der Waals surface area contributed by atoms with Crippen molar-refractivity contribution in [2.45, 2.75) is 0 Å². The number of hydrogen-bond acceptors (Lipinski definition) is 2. The molecule has 0 spiro atoms. The summed E-state index contributed by atoms with van der Waals surface area (Å²) in [7, 11) is -3.74. The van der Waals surface area contributed by atoms with Gasteiger partial charge in [-0.25, -0.2) is 5.14 Å². The van der Waals surface area contributed by atoms with Crippen molar-refractivity contribution in [2.24, 2.45) is 5.14 Å². The number of nitrogens with zero attached hydrogens (tertiary/aromatic N) is 1. The van der Waals surface area contributed by atoms with E-state index < -0.39 is 10.2 Å². The Kier molecular flexibility index (Phi) is 3.63. The van der Waals surface area contributed by atoms with Gasteiger partial charge in [-0.05, 0) is 0 Å². The third kappa shape index (κ3) is 3.64. The molecule has 0 aliphatic carbocycles. The molecule has 0 aliphatic heterocycles. The minimum absolute atomic E-state index is 0.0942. The fourth-order valence-electron chi connectivity index (χ4n) is 0.439. The SMILES string of the molecule is C#CCN(CC#C)S(N)(=O)=O. The highest BCUT2D eigenvalue weighted by Gasteiger charge is 2.13. The molecule has 0 amide bonds. The van der Waals surface area contributed by atoms with Crippen molar-refractivity contribution >= 4 is 10.2 Å². The fraction of sp³-hybridized carbons (Fsp3) is 0.333. The molecular formula is C6H8N2O2S. The van der Waals surface area contributed by atoms with Gasteiger partial charge in [0.1, 0.15) is 0 Å². The van der Waals surface area contributed by atoms with Crippen LogP contribution in [0.5, 0.6) is 0 Å². The summed E-state index contributed by atoms with van der Waals surface area (Å²) in [6.45, 7) is -0.188. The van der Waals surface area contributed by atoms with E-state index in [1.807, 2.05) is 0 Å². The van der Waals surface area contributed by atoms with E-state index in [0.717, 1.165) is 4.31 Å². The second-order valence-corrected chi connectivity index (χ2v) is 3.27. The van der Waals surface area contributed by atoms with E-state index in [2.05, 4.69) is 11.8 Å². The van der Waals surface area contributed by atoms with Crippen LogP contribution in [-0.2, 0) is 10.2 Å². The van der Waals surface area contributed by atoms with Crippen molar-refractivity contribution in [3.63, 3.8) is 0 Å². The Bertz CT molecular complexity index is 278. The van der Waals surface area contributed by atoms with E-state index in [0.29, 0.717) is 0 Å². The average Bonchev–Trinajstić information content (AvgIpc) is 1.85. The zero-order chi connectivity index (χ0) is 8.91. The Morgan fingerprint density at radius 1 is 1.27 bits per heavy atom. The van der Waals surface area contributed by atoms with E-state index in [4.69, 9.17) is 18.0 Å². The summed E-state index contributed by atoms with van der Waals surface area (Å²) in [4.78, 5) is 0. The summed E-state index contributed by atoms with van der Waals surface area (Å²) in [6, 6.07) is 0. The van der Waals surface area contributed by atoms with Gasteiger partial charge >= 0.3 is 0 Å². The van der Waals surface area contributed by atoms with Gasteiger partial charge in [0.2, 0.25) is 0 Å².